The van der Waals surface area contributed by atoms with Gasteiger partial charge in [0.05, 0.1) is 11.7 Å². The van der Waals surface area contributed by atoms with Crippen molar-refractivity contribution in [2.24, 2.45) is 5.92 Å². The third kappa shape index (κ3) is 3.58. The number of carbonyl (C=O) groups excluding carboxylic acids is 2. The predicted molar refractivity (Wildman–Crippen MR) is 90.7 cm³/mol. The van der Waals surface area contributed by atoms with Gasteiger partial charge in [0.15, 0.2) is 0 Å². The van der Waals surface area contributed by atoms with E-state index >= 15 is 0 Å². The summed E-state index contributed by atoms with van der Waals surface area (Å²) in [6.45, 7) is 6.37. The fourth-order valence-corrected chi connectivity index (χ4v) is 3.05. The molecule has 3 rings (SSSR count). The van der Waals surface area contributed by atoms with Crippen LogP contribution in [0, 0.1) is 5.92 Å². The molecule has 6 nitrogen and oxygen atoms in total. The third-order valence-corrected chi connectivity index (χ3v) is 4.22. The van der Waals surface area contributed by atoms with Crippen LogP contribution in [0.25, 0.3) is 10.9 Å². The summed E-state index contributed by atoms with van der Waals surface area (Å²) < 4.78 is 5.43. The number of amides is 1. The highest BCUT2D eigenvalue weighted by Crippen LogP contribution is 2.24. The number of aromatic nitrogens is 2. The van der Waals surface area contributed by atoms with Crippen LogP contribution >= 0.6 is 0 Å². The Hall–Kier alpha value is -2.37. The molecule has 1 unspecified atom stereocenters. The van der Waals surface area contributed by atoms with Gasteiger partial charge in [-0.3, -0.25) is 9.89 Å². The molecule has 24 heavy (non-hydrogen) atoms. The van der Waals surface area contributed by atoms with Crippen LogP contribution in [0.15, 0.2) is 24.4 Å². The second kappa shape index (κ2) is 6.26. The van der Waals surface area contributed by atoms with E-state index in [1.807, 2.05) is 39.0 Å². The number of hydrogen-bond acceptors (Lipinski definition) is 4. The van der Waals surface area contributed by atoms with Crippen molar-refractivity contribution in [3.8, 4) is 0 Å². The number of ether oxygens (including phenoxy) is 1. The normalized spacial score (nSPS) is 18.9. The van der Waals surface area contributed by atoms with Crippen LogP contribution in [-0.2, 0) is 16.0 Å². The molecule has 1 saturated heterocycles. The van der Waals surface area contributed by atoms with Crippen LogP contribution in [0.2, 0.25) is 0 Å². The first-order chi connectivity index (χ1) is 11.3. The molecule has 0 bridgehead atoms. The lowest BCUT2D eigenvalue weighted by atomic mass is 9.89. The molecular weight excluding hydrogens is 306 g/mol. The molecule has 1 aromatic carbocycles. The number of aromatic amines is 1. The van der Waals surface area contributed by atoms with Gasteiger partial charge in [-0.25, -0.2) is 4.79 Å². The number of Topliss-reactive ketones (excluding diaryl/α,β-unsaturated/α-hetero) is 1. The van der Waals surface area contributed by atoms with E-state index in [1.165, 1.54) is 0 Å². The van der Waals surface area contributed by atoms with Crippen LogP contribution < -0.4 is 0 Å². The Morgan fingerprint density at radius 1 is 1.42 bits per heavy atom. The molecule has 2 aromatic rings. The highest BCUT2D eigenvalue weighted by molar-refractivity contribution is 5.86. The van der Waals surface area contributed by atoms with Crippen molar-refractivity contribution >= 4 is 22.8 Å². The molecule has 1 atom stereocenters. The number of hydrogen-bond donors (Lipinski definition) is 1. The van der Waals surface area contributed by atoms with Gasteiger partial charge < -0.3 is 9.64 Å². The third-order valence-electron chi connectivity index (χ3n) is 4.22. The number of ketones is 1. The fraction of sp³-hybridized carbons (Fsp3) is 0.500. The molecule has 1 N–H and O–H groups in total. The maximum absolute atomic E-state index is 12.3. The summed E-state index contributed by atoms with van der Waals surface area (Å²) in [4.78, 5) is 26.2. The number of H-pyrrole nitrogens is 1. The number of likely N-dealkylation sites (tertiary alicyclic amines) is 1. The van der Waals surface area contributed by atoms with E-state index in [0.717, 1.165) is 16.5 Å². The van der Waals surface area contributed by atoms with E-state index in [0.29, 0.717) is 25.9 Å². The molecule has 0 radical (unpaired) electrons. The molecule has 1 fully saturated rings. The zero-order valence-corrected chi connectivity index (χ0v) is 14.3. The molecule has 0 spiro atoms. The molecule has 0 saturated carbocycles. The highest BCUT2D eigenvalue weighted by atomic mass is 16.6. The largest absolute Gasteiger partial charge is 0.444 e. The van der Waals surface area contributed by atoms with Crippen molar-refractivity contribution in [1.82, 2.24) is 15.1 Å². The fourth-order valence-electron chi connectivity index (χ4n) is 3.05. The van der Waals surface area contributed by atoms with Gasteiger partial charge in [-0.05, 0) is 38.8 Å². The number of piperidine rings is 1. The molecule has 6 heteroatoms. The highest BCUT2D eigenvalue weighted by Gasteiger charge is 2.32. The smallest absolute Gasteiger partial charge is 0.410 e. The summed E-state index contributed by atoms with van der Waals surface area (Å²) in [7, 11) is 0. The number of rotatable bonds is 2. The second-order valence-electron chi connectivity index (χ2n) is 7.29. The Balaban J connectivity index is 1.74. The number of carbonyl (C=O) groups is 2. The first kappa shape index (κ1) is 16.5. The maximum atomic E-state index is 12.3. The van der Waals surface area contributed by atoms with Gasteiger partial charge in [-0.2, -0.15) is 5.10 Å². The van der Waals surface area contributed by atoms with Crippen LogP contribution in [0.4, 0.5) is 4.79 Å². The van der Waals surface area contributed by atoms with Crippen molar-refractivity contribution in [3.05, 3.63) is 30.0 Å². The Labute approximate surface area is 141 Å². The second-order valence-corrected chi connectivity index (χ2v) is 7.29. The monoisotopic (exact) mass is 329 g/mol. The zero-order chi connectivity index (χ0) is 17.3. The predicted octanol–water partition coefficient (Wildman–Crippen LogP) is 2.93. The average Bonchev–Trinajstić information content (AvgIpc) is 2.97. The van der Waals surface area contributed by atoms with Gasteiger partial charge in [0.25, 0.3) is 0 Å². The van der Waals surface area contributed by atoms with E-state index in [1.54, 1.807) is 11.1 Å². The lowest BCUT2D eigenvalue weighted by molar-refractivity contribution is -0.125. The van der Waals surface area contributed by atoms with Crippen molar-refractivity contribution in [2.45, 2.75) is 39.2 Å². The molecule has 0 aliphatic carbocycles. The van der Waals surface area contributed by atoms with Gasteiger partial charge in [-0.1, -0.05) is 12.1 Å². The van der Waals surface area contributed by atoms with Crippen molar-refractivity contribution < 1.29 is 14.3 Å². The van der Waals surface area contributed by atoms with E-state index < -0.39 is 5.60 Å². The molecular formula is C18H23N3O3. The summed E-state index contributed by atoms with van der Waals surface area (Å²) >= 11 is 0. The summed E-state index contributed by atoms with van der Waals surface area (Å²) in [6.07, 6.45) is 2.42. The molecule has 1 aliphatic rings. The summed E-state index contributed by atoms with van der Waals surface area (Å²) in [6, 6.07) is 5.92. The van der Waals surface area contributed by atoms with Gasteiger partial charge in [0, 0.05) is 30.8 Å². The van der Waals surface area contributed by atoms with Crippen LogP contribution in [0.5, 0.6) is 0 Å². The van der Waals surface area contributed by atoms with Crippen LogP contribution in [-0.4, -0.2) is 45.7 Å². The quantitative estimate of drug-likeness (QED) is 0.919. The van der Waals surface area contributed by atoms with Crippen molar-refractivity contribution in [3.63, 3.8) is 0 Å². The lowest BCUT2D eigenvalue weighted by Crippen LogP contribution is -2.46. The maximum Gasteiger partial charge on any atom is 0.410 e. The zero-order valence-electron chi connectivity index (χ0n) is 14.3. The summed E-state index contributed by atoms with van der Waals surface area (Å²) in [5, 5.41) is 8.03. The first-order valence-corrected chi connectivity index (χ1v) is 8.25. The standard InChI is InChI=1S/C18H23N3O3/c1-18(2,3)24-17(23)21-8-7-16(22)13(11-21)9-12-5-4-6-15-14(12)10-19-20-15/h4-6,10,13H,7-9,11H2,1-3H3,(H,19,20). The van der Waals surface area contributed by atoms with Gasteiger partial charge in [0.1, 0.15) is 11.4 Å². The Bertz CT molecular complexity index is 760. The summed E-state index contributed by atoms with van der Waals surface area (Å²) in [5.74, 6) is 0.00192. The van der Waals surface area contributed by atoms with Gasteiger partial charge in [0.2, 0.25) is 0 Å². The van der Waals surface area contributed by atoms with E-state index in [9.17, 15) is 9.59 Å². The number of nitrogens with zero attached hydrogens (tertiary/aromatic N) is 2. The lowest BCUT2D eigenvalue weighted by Gasteiger charge is -2.33. The van der Waals surface area contributed by atoms with Gasteiger partial charge in [-0.15, -0.1) is 0 Å². The average molecular weight is 329 g/mol. The molecule has 1 amide bonds. The number of nitrogens with one attached hydrogen (secondary N) is 1. The minimum atomic E-state index is -0.531. The van der Waals surface area contributed by atoms with Crippen LogP contribution in [0.3, 0.4) is 0 Å². The molecule has 2 heterocycles. The molecule has 1 aliphatic heterocycles. The minimum Gasteiger partial charge on any atom is -0.444 e. The van der Waals surface area contributed by atoms with E-state index in [2.05, 4.69) is 10.2 Å². The van der Waals surface area contributed by atoms with Crippen molar-refractivity contribution in [2.75, 3.05) is 13.1 Å². The van der Waals surface area contributed by atoms with Crippen molar-refractivity contribution in [1.29, 1.82) is 0 Å². The SMILES string of the molecule is CC(C)(C)OC(=O)N1CCC(=O)C(Cc2cccc3[nH]ncc23)C1. The number of benzene rings is 1. The van der Waals surface area contributed by atoms with Crippen LogP contribution in [0.1, 0.15) is 32.8 Å². The summed E-state index contributed by atoms with van der Waals surface area (Å²) in [5.41, 5.74) is 1.50. The van der Waals surface area contributed by atoms with E-state index in [-0.39, 0.29) is 17.8 Å². The Kier molecular flexibility index (Phi) is 4.30. The minimum absolute atomic E-state index is 0.202. The molecule has 1 aromatic heterocycles. The topological polar surface area (TPSA) is 75.3 Å². The number of fused-ring (bicyclic) bond motifs is 1. The Morgan fingerprint density at radius 3 is 2.96 bits per heavy atom. The first-order valence-electron chi connectivity index (χ1n) is 8.25. The van der Waals surface area contributed by atoms with E-state index in [4.69, 9.17) is 4.74 Å². The molecule has 128 valence electrons. The Morgan fingerprint density at radius 2 is 2.21 bits per heavy atom. The van der Waals surface area contributed by atoms with Gasteiger partial charge >= 0.3 is 6.09 Å².